The van der Waals surface area contributed by atoms with E-state index in [1.807, 2.05) is 0 Å². The molecular formula is C19H42BrN. The molecule has 0 radical (unpaired) electrons. The summed E-state index contributed by atoms with van der Waals surface area (Å²) in [5.74, 6) is 0. The van der Waals surface area contributed by atoms with Gasteiger partial charge in [0.05, 0.1) is 0 Å². The summed E-state index contributed by atoms with van der Waals surface area (Å²) in [5, 5.41) is 0. The fourth-order valence-corrected chi connectivity index (χ4v) is 2.64. The largest absolute Gasteiger partial charge is 0.327 e. The monoisotopic (exact) mass is 363 g/mol. The van der Waals surface area contributed by atoms with Crippen LogP contribution in [0.15, 0.2) is 0 Å². The average molecular weight is 364 g/mol. The molecule has 0 aromatic rings. The fourth-order valence-electron chi connectivity index (χ4n) is 2.64. The van der Waals surface area contributed by atoms with Crippen molar-refractivity contribution in [2.45, 2.75) is 117 Å². The lowest BCUT2D eigenvalue weighted by molar-refractivity contribution is 0.298. The third-order valence-corrected chi connectivity index (χ3v) is 4.48. The highest BCUT2D eigenvalue weighted by molar-refractivity contribution is 8.93. The van der Waals surface area contributed by atoms with E-state index in [0.717, 1.165) is 0 Å². The first kappa shape index (κ1) is 23.7. The van der Waals surface area contributed by atoms with Crippen molar-refractivity contribution in [2.24, 2.45) is 11.1 Å². The molecule has 1 unspecified atom stereocenters. The van der Waals surface area contributed by atoms with Gasteiger partial charge in [0, 0.05) is 6.04 Å². The topological polar surface area (TPSA) is 26.0 Å². The van der Waals surface area contributed by atoms with Gasteiger partial charge in [0.15, 0.2) is 0 Å². The third kappa shape index (κ3) is 16.6. The van der Waals surface area contributed by atoms with Crippen molar-refractivity contribution in [1.82, 2.24) is 0 Å². The standard InChI is InChI=1S/C19H41N.BrH/c1-5-6-7-8-9-10-11-12-13-14-15-16-17-18(20)19(2,3)4;/h18H,5-17,20H2,1-4H3;1H. The van der Waals surface area contributed by atoms with Gasteiger partial charge in [-0.15, -0.1) is 17.0 Å². The zero-order chi connectivity index (χ0) is 15.3. The third-order valence-electron chi connectivity index (χ3n) is 4.48. The lowest BCUT2D eigenvalue weighted by atomic mass is 9.84. The van der Waals surface area contributed by atoms with Crippen molar-refractivity contribution in [3.8, 4) is 0 Å². The summed E-state index contributed by atoms with van der Waals surface area (Å²) >= 11 is 0. The highest BCUT2D eigenvalue weighted by atomic mass is 79.9. The molecule has 1 atom stereocenters. The predicted octanol–water partition coefficient (Wildman–Crippen LogP) is 7.03. The summed E-state index contributed by atoms with van der Waals surface area (Å²) in [6, 6.07) is 0.366. The van der Waals surface area contributed by atoms with Crippen LogP contribution in [0.1, 0.15) is 111 Å². The first-order valence-electron chi connectivity index (χ1n) is 9.24. The minimum atomic E-state index is 0. The summed E-state index contributed by atoms with van der Waals surface area (Å²) in [5.41, 5.74) is 6.46. The van der Waals surface area contributed by atoms with Crippen LogP contribution >= 0.6 is 17.0 Å². The quantitative estimate of drug-likeness (QED) is 0.349. The van der Waals surface area contributed by atoms with Crippen LogP contribution in [0, 0.1) is 5.41 Å². The normalized spacial score (nSPS) is 13.0. The predicted molar refractivity (Wildman–Crippen MR) is 103 cm³/mol. The Morgan fingerprint density at radius 3 is 1.33 bits per heavy atom. The highest BCUT2D eigenvalue weighted by Crippen LogP contribution is 2.22. The molecule has 0 spiro atoms. The second-order valence-electron chi connectivity index (χ2n) is 7.65. The van der Waals surface area contributed by atoms with Crippen molar-refractivity contribution in [3.63, 3.8) is 0 Å². The van der Waals surface area contributed by atoms with Gasteiger partial charge in [0.2, 0.25) is 0 Å². The second kappa shape index (κ2) is 15.3. The molecule has 2 heteroatoms. The van der Waals surface area contributed by atoms with Crippen LogP contribution in [0.5, 0.6) is 0 Å². The molecular weight excluding hydrogens is 322 g/mol. The van der Waals surface area contributed by atoms with E-state index >= 15 is 0 Å². The van der Waals surface area contributed by atoms with Crippen LogP contribution in [0.4, 0.5) is 0 Å². The number of hydrogen-bond acceptors (Lipinski definition) is 1. The number of nitrogens with two attached hydrogens (primary N) is 1. The van der Waals surface area contributed by atoms with Gasteiger partial charge in [-0.2, -0.15) is 0 Å². The summed E-state index contributed by atoms with van der Waals surface area (Å²) in [7, 11) is 0. The van der Waals surface area contributed by atoms with Crippen molar-refractivity contribution < 1.29 is 0 Å². The van der Waals surface area contributed by atoms with Gasteiger partial charge in [0.1, 0.15) is 0 Å². The van der Waals surface area contributed by atoms with Crippen LogP contribution in [0.3, 0.4) is 0 Å². The Kier molecular flexibility index (Phi) is 17.3. The van der Waals surface area contributed by atoms with Gasteiger partial charge in [-0.3, -0.25) is 0 Å². The molecule has 2 N–H and O–H groups in total. The van der Waals surface area contributed by atoms with Gasteiger partial charge >= 0.3 is 0 Å². The molecule has 1 nitrogen and oxygen atoms in total. The molecule has 0 aromatic heterocycles. The van der Waals surface area contributed by atoms with Crippen molar-refractivity contribution >= 4 is 17.0 Å². The Morgan fingerprint density at radius 2 is 1.00 bits per heavy atom. The van der Waals surface area contributed by atoms with Crippen LogP contribution in [0.25, 0.3) is 0 Å². The minimum absolute atomic E-state index is 0. The van der Waals surface area contributed by atoms with Crippen molar-refractivity contribution in [1.29, 1.82) is 0 Å². The van der Waals surface area contributed by atoms with Gasteiger partial charge < -0.3 is 5.73 Å². The molecule has 0 aromatic carbocycles. The second-order valence-corrected chi connectivity index (χ2v) is 7.65. The number of hydrogen-bond donors (Lipinski definition) is 1. The molecule has 0 aliphatic rings. The SMILES string of the molecule is Br.CCCCCCCCCCCCCCC(N)C(C)(C)C. The van der Waals surface area contributed by atoms with Crippen LogP contribution < -0.4 is 5.73 Å². The first-order valence-corrected chi connectivity index (χ1v) is 9.24. The molecule has 0 heterocycles. The Balaban J connectivity index is 0. The highest BCUT2D eigenvalue weighted by Gasteiger charge is 2.19. The van der Waals surface area contributed by atoms with E-state index < -0.39 is 0 Å². The lowest BCUT2D eigenvalue weighted by Gasteiger charge is -2.26. The average Bonchev–Trinajstić information content (AvgIpc) is 2.38. The number of rotatable bonds is 13. The molecule has 130 valence electrons. The molecule has 0 aliphatic carbocycles. The van der Waals surface area contributed by atoms with Crippen molar-refractivity contribution in [3.05, 3.63) is 0 Å². The molecule has 0 fully saturated rings. The van der Waals surface area contributed by atoms with E-state index in [1.54, 1.807) is 0 Å². The Morgan fingerprint density at radius 1 is 0.667 bits per heavy atom. The van der Waals surface area contributed by atoms with E-state index in [0.29, 0.717) is 6.04 Å². The number of halogens is 1. The molecule has 21 heavy (non-hydrogen) atoms. The summed E-state index contributed by atoms with van der Waals surface area (Å²) in [4.78, 5) is 0. The van der Waals surface area contributed by atoms with E-state index in [9.17, 15) is 0 Å². The van der Waals surface area contributed by atoms with Crippen LogP contribution in [-0.2, 0) is 0 Å². The van der Waals surface area contributed by atoms with E-state index in [1.165, 1.54) is 83.5 Å². The van der Waals surface area contributed by atoms with Gasteiger partial charge in [-0.1, -0.05) is 105 Å². The molecule has 0 bridgehead atoms. The van der Waals surface area contributed by atoms with Gasteiger partial charge in [-0.25, -0.2) is 0 Å². The van der Waals surface area contributed by atoms with E-state index in [4.69, 9.17) is 5.73 Å². The zero-order valence-electron chi connectivity index (χ0n) is 15.3. The summed E-state index contributed by atoms with van der Waals surface area (Å²) < 4.78 is 0. The smallest absolute Gasteiger partial charge is 0.00876 e. The molecule has 0 amide bonds. The molecule has 0 saturated carbocycles. The van der Waals surface area contributed by atoms with Gasteiger partial charge in [-0.05, 0) is 11.8 Å². The first-order chi connectivity index (χ1) is 9.48. The molecule has 0 aliphatic heterocycles. The van der Waals surface area contributed by atoms with Gasteiger partial charge in [0.25, 0.3) is 0 Å². The summed E-state index contributed by atoms with van der Waals surface area (Å²) in [6.45, 7) is 9.03. The Hall–Kier alpha value is 0.440. The van der Waals surface area contributed by atoms with Crippen molar-refractivity contribution in [2.75, 3.05) is 0 Å². The number of unbranched alkanes of at least 4 members (excludes halogenated alkanes) is 11. The Bertz CT molecular complexity index is 198. The summed E-state index contributed by atoms with van der Waals surface area (Å²) in [6.07, 6.45) is 18.2. The maximum Gasteiger partial charge on any atom is 0.00876 e. The molecule has 0 rings (SSSR count). The van der Waals surface area contributed by atoms with E-state index in [-0.39, 0.29) is 22.4 Å². The fraction of sp³-hybridized carbons (Fsp3) is 1.00. The molecule has 0 saturated heterocycles. The lowest BCUT2D eigenvalue weighted by Crippen LogP contribution is -2.34. The van der Waals surface area contributed by atoms with E-state index in [2.05, 4.69) is 27.7 Å². The zero-order valence-corrected chi connectivity index (χ0v) is 17.0. The Labute approximate surface area is 145 Å². The minimum Gasteiger partial charge on any atom is -0.327 e. The van der Waals surface area contributed by atoms with Crippen LogP contribution in [-0.4, -0.2) is 6.04 Å². The van der Waals surface area contributed by atoms with Crippen LogP contribution in [0.2, 0.25) is 0 Å². The maximum absolute atomic E-state index is 6.18. The maximum atomic E-state index is 6.18.